The van der Waals surface area contributed by atoms with Gasteiger partial charge in [-0.05, 0) is 41.3 Å². The van der Waals surface area contributed by atoms with Crippen LogP contribution in [0.2, 0.25) is 0 Å². The van der Waals surface area contributed by atoms with Crippen LogP contribution in [0.15, 0.2) is 42.5 Å². The van der Waals surface area contributed by atoms with Crippen LogP contribution in [0, 0.1) is 5.82 Å². The minimum atomic E-state index is -0.626. The Balaban J connectivity index is 1.81. The first-order valence-electron chi connectivity index (χ1n) is 7.94. The summed E-state index contributed by atoms with van der Waals surface area (Å²) in [5, 5.41) is 5.45. The molecular formula is C19H19FN2O2. The van der Waals surface area contributed by atoms with E-state index >= 15 is 0 Å². The summed E-state index contributed by atoms with van der Waals surface area (Å²) < 4.78 is 13.3. The van der Waals surface area contributed by atoms with E-state index in [1.165, 1.54) is 17.7 Å². The van der Waals surface area contributed by atoms with Gasteiger partial charge >= 0.3 is 0 Å². The van der Waals surface area contributed by atoms with E-state index in [0.717, 1.165) is 0 Å². The Kier molecular flexibility index (Phi) is 4.34. The number of rotatable bonds is 3. The summed E-state index contributed by atoms with van der Waals surface area (Å²) in [4.78, 5) is 24.4. The van der Waals surface area contributed by atoms with E-state index in [1.807, 2.05) is 24.3 Å². The monoisotopic (exact) mass is 326 g/mol. The molecule has 0 bridgehead atoms. The standard InChI is InChI=1S/C19H19FN2O2/c1-11(2)12-3-6-14(7-4-12)21-19(24)16-10-18(23)22-17-9-13(20)5-8-15(16)17/h3-9,11,16H,10H2,1-2H3,(H,21,24)(H,22,23). The average Bonchev–Trinajstić information content (AvgIpc) is 2.54. The van der Waals surface area contributed by atoms with Crippen LogP contribution < -0.4 is 10.6 Å². The molecule has 1 atom stereocenters. The molecule has 2 N–H and O–H groups in total. The molecule has 0 aromatic heterocycles. The number of amides is 2. The number of fused-ring (bicyclic) bond motifs is 1. The molecule has 2 aromatic rings. The normalized spacial score (nSPS) is 16.5. The first kappa shape index (κ1) is 16.2. The van der Waals surface area contributed by atoms with Gasteiger partial charge in [-0.1, -0.05) is 32.0 Å². The molecule has 1 heterocycles. The van der Waals surface area contributed by atoms with Crippen LogP contribution in [0.25, 0.3) is 0 Å². The van der Waals surface area contributed by atoms with Crippen LogP contribution in [-0.2, 0) is 9.59 Å². The van der Waals surface area contributed by atoms with Gasteiger partial charge in [-0.3, -0.25) is 9.59 Å². The van der Waals surface area contributed by atoms with Crippen molar-refractivity contribution in [2.45, 2.75) is 32.1 Å². The Morgan fingerprint density at radius 1 is 1.21 bits per heavy atom. The average molecular weight is 326 g/mol. The van der Waals surface area contributed by atoms with Gasteiger partial charge < -0.3 is 10.6 Å². The molecule has 0 saturated heterocycles. The van der Waals surface area contributed by atoms with Crippen molar-refractivity contribution in [3.8, 4) is 0 Å². The van der Waals surface area contributed by atoms with Crippen molar-refractivity contribution in [1.82, 2.24) is 0 Å². The van der Waals surface area contributed by atoms with Crippen molar-refractivity contribution >= 4 is 23.2 Å². The van der Waals surface area contributed by atoms with E-state index in [-0.39, 0.29) is 18.2 Å². The smallest absolute Gasteiger partial charge is 0.232 e. The molecule has 3 rings (SSSR count). The summed E-state index contributed by atoms with van der Waals surface area (Å²) >= 11 is 0. The predicted octanol–water partition coefficient (Wildman–Crippen LogP) is 4.01. The third kappa shape index (κ3) is 3.30. The second kappa shape index (κ2) is 6.43. The van der Waals surface area contributed by atoms with E-state index in [9.17, 15) is 14.0 Å². The number of halogens is 1. The molecule has 1 aliphatic rings. The summed E-state index contributed by atoms with van der Waals surface area (Å²) in [7, 11) is 0. The van der Waals surface area contributed by atoms with Gasteiger partial charge in [0.05, 0.1) is 5.92 Å². The lowest BCUT2D eigenvalue weighted by atomic mass is 9.89. The molecule has 0 fully saturated rings. The highest BCUT2D eigenvalue weighted by atomic mass is 19.1. The number of hydrogen-bond donors (Lipinski definition) is 2. The van der Waals surface area contributed by atoms with Gasteiger partial charge in [0.2, 0.25) is 11.8 Å². The number of benzene rings is 2. The molecule has 0 radical (unpaired) electrons. The topological polar surface area (TPSA) is 58.2 Å². The molecule has 0 spiro atoms. The molecule has 4 nitrogen and oxygen atoms in total. The first-order valence-corrected chi connectivity index (χ1v) is 7.94. The van der Waals surface area contributed by atoms with E-state index in [2.05, 4.69) is 24.5 Å². The van der Waals surface area contributed by atoms with Gasteiger partial charge in [-0.15, -0.1) is 0 Å². The lowest BCUT2D eigenvalue weighted by Crippen LogP contribution is -2.30. The Morgan fingerprint density at radius 3 is 2.58 bits per heavy atom. The molecule has 124 valence electrons. The van der Waals surface area contributed by atoms with Gasteiger partial charge in [0.1, 0.15) is 5.82 Å². The first-order chi connectivity index (χ1) is 11.4. The molecule has 5 heteroatoms. The second-order valence-corrected chi connectivity index (χ2v) is 6.30. The minimum Gasteiger partial charge on any atom is -0.326 e. The largest absolute Gasteiger partial charge is 0.326 e. The Morgan fingerprint density at radius 2 is 1.92 bits per heavy atom. The molecule has 0 aliphatic carbocycles. The zero-order valence-electron chi connectivity index (χ0n) is 13.6. The van der Waals surface area contributed by atoms with Crippen LogP contribution in [0.3, 0.4) is 0 Å². The fourth-order valence-electron chi connectivity index (χ4n) is 2.85. The van der Waals surface area contributed by atoms with Gasteiger partial charge in [-0.25, -0.2) is 4.39 Å². The minimum absolute atomic E-state index is 0.0501. The van der Waals surface area contributed by atoms with Crippen molar-refractivity contribution in [2.75, 3.05) is 10.6 Å². The van der Waals surface area contributed by atoms with Gasteiger partial charge in [-0.2, -0.15) is 0 Å². The van der Waals surface area contributed by atoms with Crippen molar-refractivity contribution in [3.05, 3.63) is 59.4 Å². The fraction of sp³-hybridized carbons (Fsp3) is 0.263. The highest BCUT2D eigenvalue weighted by Crippen LogP contribution is 2.33. The number of carbonyl (C=O) groups excluding carboxylic acids is 2. The lowest BCUT2D eigenvalue weighted by Gasteiger charge is -2.25. The molecule has 2 amide bonds. The Labute approximate surface area is 140 Å². The number of carbonyl (C=O) groups is 2. The number of anilines is 2. The SMILES string of the molecule is CC(C)c1ccc(NC(=O)C2CC(=O)Nc3cc(F)ccc32)cc1. The van der Waals surface area contributed by atoms with E-state index in [0.29, 0.717) is 22.9 Å². The van der Waals surface area contributed by atoms with Crippen molar-refractivity contribution in [2.24, 2.45) is 0 Å². The van der Waals surface area contributed by atoms with Crippen LogP contribution >= 0.6 is 0 Å². The summed E-state index contributed by atoms with van der Waals surface area (Å²) in [5.74, 6) is -1.21. The maximum absolute atomic E-state index is 13.3. The molecule has 24 heavy (non-hydrogen) atoms. The van der Waals surface area contributed by atoms with Crippen LogP contribution in [0.5, 0.6) is 0 Å². The Hall–Kier alpha value is -2.69. The maximum atomic E-state index is 13.3. The van der Waals surface area contributed by atoms with Crippen LogP contribution in [0.1, 0.15) is 43.2 Å². The summed E-state index contributed by atoms with van der Waals surface area (Å²) in [6.07, 6.45) is 0.0501. The Bertz CT molecular complexity index is 784. The van der Waals surface area contributed by atoms with Crippen molar-refractivity contribution in [1.29, 1.82) is 0 Å². The highest BCUT2D eigenvalue weighted by Gasteiger charge is 2.31. The van der Waals surface area contributed by atoms with Gasteiger partial charge in [0, 0.05) is 17.8 Å². The van der Waals surface area contributed by atoms with E-state index in [1.54, 1.807) is 6.07 Å². The zero-order valence-corrected chi connectivity index (χ0v) is 13.6. The van der Waals surface area contributed by atoms with E-state index in [4.69, 9.17) is 0 Å². The predicted molar refractivity (Wildman–Crippen MR) is 91.5 cm³/mol. The molecular weight excluding hydrogens is 307 g/mol. The van der Waals surface area contributed by atoms with Crippen molar-refractivity contribution in [3.63, 3.8) is 0 Å². The molecule has 0 saturated carbocycles. The van der Waals surface area contributed by atoms with Gasteiger partial charge in [0.25, 0.3) is 0 Å². The second-order valence-electron chi connectivity index (χ2n) is 6.30. The number of nitrogens with one attached hydrogen (secondary N) is 2. The number of hydrogen-bond acceptors (Lipinski definition) is 2. The van der Waals surface area contributed by atoms with Crippen molar-refractivity contribution < 1.29 is 14.0 Å². The van der Waals surface area contributed by atoms with Gasteiger partial charge in [0.15, 0.2) is 0 Å². The third-order valence-corrected chi connectivity index (χ3v) is 4.22. The fourth-order valence-corrected chi connectivity index (χ4v) is 2.85. The summed E-state index contributed by atoms with van der Waals surface area (Å²) in [5.41, 5.74) is 2.86. The maximum Gasteiger partial charge on any atom is 0.232 e. The summed E-state index contributed by atoms with van der Waals surface area (Å²) in [6, 6.07) is 11.7. The molecule has 1 aliphatic heterocycles. The quantitative estimate of drug-likeness (QED) is 0.895. The molecule has 2 aromatic carbocycles. The summed E-state index contributed by atoms with van der Waals surface area (Å²) in [6.45, 7) is 4.20. The van der Waals surface area contributed by atoms with Crippen LogP contribution in [-0.4, -0.2) is 11.8 Å². The van der Waals surface area contributed by atoms with Crippen LogP contribution in [0.4, 0.5) is 15.8 Å². The molecule has 1 unspecified atom stereocenters. The zero-order chi connectivity index (χ0) is 17.3. The lowest BCUT2D eigenvalue weighted by molar-refractivity contribution is -0.123. The highest BCUT2D eigenvalue weighted by molar-refractivity contribution is 6.05. The van der Waals surface area contributed by atoms with E-state index < -0.39 is 11.7 Å². The third-order valence-electron chi connectivity index (χ3n) is 4.22.